The number of hydrogen-bond acceptors (Lipinski definition) is 4. The van der Waals surface area contributed by atoms with E-state index in [1.807, 2.05) is 36.4 Å². The van der Waals surface area contributed by atoms with Crippen molar-refractivity contribution < 1.29 is 19.0 Å². The van der Waals surface area contributed by atoms with Crippen molar-refractivity contribution in [3.05, 3.63) is 53.1 Å². The Hall–Kier alpha value is -2.40. The van der Waals surface area contributed by atoms with Gasteiger partial charge in [0.2, 0.25) is 5.91 Å². The Morgan fingerprint density at radius 2 is 1.96 bits per heavy atom. The second-order valence-electron chi connectivity index (χ2n) is 5.64. The summed E-state index contributed by atoms with van der Waals surface area (Å²) in [4.78, 5) is 12.1. The molecular formula is C19H20ClNO4. The van der Waals surface area contributed by atoms with Crippen LogP contribution < -0.4 is 19.5 Å². The number of rotatable bonds is 6. The van der Waals surface area contributed by atoms with Crippen molar-refractivity contribution in [3.8, 4) is 17.2 Å². The van der Waals surface area contributed by atoms with E-state index >= 15 is 0 Å². The lowest BCUT2D eigenvalue weighted by molar-refractivity contribution is -0.120. The number of hydrogen-bond donors (Lipinski definition) is 1. The largest absolute Gasteiger partial charge is 0.492 e. The van der Waals surface area contributed by atoms with Gasteiger partial charge in [-0.05, 0) is 29.8 Å². The zero-order valence-corrected chi connectivity index (χ0v) is 14.6. The Balaban J connectivity index is 1.49. The highest BCUT2D eigenvalue weighted by molar-refractivity contribution is 6.32. The first-order valence-corrected chi connectivity index (χ1v) is 8.63. The van der Waals surface area contributed by atoms with E-state index in [4.69, 9.17) is 25.8 Å². The topological polar surface area (TPSA) is 56.8 Å². The predicted octanol–water partition coefficient (Wildman–Crippen LogP) is 3.24. The van der Waals surface area contributed by atoms with Gasteiger partial charge in [-0.15, -0.1) is 0 Å². The number of fused-ring (bicyclic) bond motifs is 1. The number of nitrogens with one attached hydrogen (secondary N) is 1. The van der Waals surface area contributed by atoms with E-state index in [2.05, 4.69) is 5.32 Å². The van der Waals surface area contributed by atoms with Gasteiger partial charge in [-0.3, -0.25) is 4.79 Å². The lowest BCUT2D eigenvalue weighted by Crippen LogP contribution is -2.29. The number of carbonyl (C=O) groups excluding carboxylic acids is 1. The molecule has 0 fully saturated rings. The Morgan fingerprint density at radius 3 is 2.80 bits per heavy atom. The monoisotopic (exact) mass is 361 g/mol. The Morgan fingerprint density at radius 1 is 1.16 bits per heavy atom. The number of carbonyl (C=O) groups is 1. The third-order valence-corrected chi connectivity index (χ3v) is 3.94. The highest BCUT2D eigenvalue weighted by atomic mass is 35.5. The maximum atomic E-state index is 12.1. The van der Waals surface area contributed by atoms with Gasteiger partial charge >= 0.3 is 0 Å². The number of ether oxygens (including phenoxy) is 3. The van der Waals surface area contributed by atoms with E-state index in [9.17, 15) is 4.79 Å². The number of benzene rings is 2. The molecule has 0 saturated carbocycles. The molecular weight excluding hydrogens is 342 g/mol. The molecule has 1 heterocycles. The van der Waals surface area contributed by atoms with Crippen molar-refractivity contribution in [2.75, 3.05) is 26.4 Å². The summed E-state index contributed by atoms with van der Waals surface area (Å²) in [6.07, 6.45) is 1.03. The van der Waals surface area contributed by atoms with Crippen molar-refractivity contribution in [2.45, 2.75) is 12.8 Å². The van der Waals surface area contributed by atoms with Crippen LogP contribution in [-0.4, -0.2) is 32.3 Å². The van der Waals surface area contributed by atoms with Crippen LogP contribution in [0.15, 0.2) is 42.5 Å². The normalized spacial score (nSPS) is 13.0. The highest BCUT2D eigenvalue weighted by Crippen LogP contribution is 2.38. The first-order chi connectivity index (χ1) is 12.2. The molecule has 0 aliphatic carbocycles. The van der Waals surface area contributed by atoms with Gasteiger partial charge in [0.1, 0.15) is 12.4 Å². The Labute approximate surface area is 151 Å². The molecule has 3 rings (SSSR count). The fraction of sp³-hybridized carbons (Fsp3) is 0.316. The van der Waals surface area contributed by atoms with Crippen molar-refractivity contribution >= 4 is 17.5 Å². The molecule has 132 valence electrons. The van der Waals surface area contributed by atoms with Crippen LogP contribution in [0, 0.1) is 0 Å². The quantitative estimate of drug-likeness (QED) is 0.802. The van der Waals surface area contributed by atoms with Crippen LogP contribution >= 0.6 is 11.6 Å². The number of amides is 1. The third-order valence-electron chi connectivity index (χ3n) is 3.66. The second kappa shape index (κ2) is 8.62. The molecule has 2 aromatic carbocycles. The van der Waals surface area contributed by atoms with E-state index in [1.54, 1.807) is 6.07 Å². The van der Waals surface area contributed by atoms with Gasteiger partial charge in [0, 0.05) is 6.42 Å². The lowest BCUT2D eigenvalue weighted by atomic mass is 10.1. The van der Waals surface area contributed by atoms with Gasteiger partial charge in [0.15, 0.2) is 11.5 Å². The zero-order chi connectivity index (χ0) is 17.5. The summed E-state index contributed by atoms with van der Waals surface area (Å²) in [7, 11) is 0. The maximum Gasteiger partial charge on any atom is 0.224 e. The lowest BCUT2D eigenvalue weighted by Gasteiger charge is -2.12. The summed E-state index contributed by atoms with van der Waals surface area (Å²) in [5, 5.41) is 3.30. The van der Waals surface area contributed by atoms with Gasteiger partial charge in [0.05, 0.1) is 31.2 Å². The van der Waals surface area contributed by atoms with Gasteiger partial charge in [0.25, 0.3) is 0 Å². The third kappa shape index (κ3) is 5.03. The van der Waals surface area contributed by atoms with Crippen LogP contribution in [0.25, 0.3) is 0 Å². The minimum Gasteiger partial charge on any atom is -0.492 e. The Kier molecular flexibility index (Phi) is 6.01. The molecule has 0 radical (unpaired) electrons. The first kappa shape index (κ1) is 17.4. The smallest absolute Gasteiger partial charge is 0.224 e. The van der Waals surface area contributed by atoms with Crippen LogP contribution in [0.1, 0.15) is 12.0 Å². The molecule has 1 N–H and O–H groups in total. The van der Waals surface area contributed by atoms with Gasteiger partial charge in [-0.2, -0.15) is 0 Å². The highest BCUT2D eigenvalue weighted by Gasteiger charge is 2.16. The summed E-state index contributed by atoms with van der Waals surface area (Å²) in [5.74, 6) is 1.84. The zero-order valence-electron chi connectivity index (χ0n) is 13.8. The van der Waals surface area contributed by atoms with Crippen molar-refractivity contribution in [1.29, 1.82) is 0 Å². The number of halogens is 1. The molecule has 0 aromatic heterocycles. The van der Waals surface area contributed by atoms with Gasteiger partial charge < -0.3 is 19.5 Å². The summed E-state index contributed by atoms with van der Waals surface area (Å²) in [6.45, 7) is 2.01. The summed E-state index contributed by atoms with van der Waals surface area (Å²) in [5.41, 5.74) is 0.788. The molecule has 2 aromatic rings. The fourth-order valence-electron chi connectivity index (χ4n) is 2.51. The molecule has 0 spiro atoms. The molecule has 0 bridgehead atoms. The molecule has 1 aliphatic heterocycles. The van der Waals surface area contributed by atoms with Crippen molar-refractivity contribution in [1.82, 2.24) is 5.32 Å². The molecule has 0 saturated heterocycles. The predicted molar refractivity (Wildman–Crippen MR) is 95.7 cm³/mol. The maximum absolute atomic E-state index is 12.1. The van der Waals surface area contributed by atoms with Crippen LogP contribution in [0.3, 0.4) is 0 Å². The fourth-order valence-corrected chi connectivity index (χ4v) is 2.80. The van der Waals surface area contributed by atoms with E-state index < -0.39 is 0 Å². The van der Waals surface area contributed by atoms with Crippen LogP contribution in [0.4, 0.5) is 0 Å². The second-order valence-corrected chi connectivity index (χ2v) is 6.05. The Bertz CT molecular complexity index is 721. The molecule has 5 nitrogen and oxygen atoms in total. The van der Waals surface area contributed by atoms with E-state index in [1.165, 1.54) is 0 Å². The molecule has 25 heavy (non-hydrogen) atoms. The number of para-hydroxylation sites is 1. The SMILES string of the molecule is O=C(Cc1cc(Cl)c2c(c1)OCCCO2)NCCOc1ccccc1. The van der Waals surface area contributed by atoms with E-state index in [-0.39, 0.29) is 12.3 Å². The average molecular weight is 362 g/mol. The van der Waals surface area contributed by atoms with Crippen LogP contribution in [0.5, 0.6) is 17.2 Å². The molecule has 0 unspecified atom stereocenters. The van der Waals surface area contributed by atoms with E-state index in [0.29, 0.717) is 42.9 Å². The van der Waals surface area contributed by atoms with Gasteiger partial charge in [-0.25, -0.2) is 0 Å². The first-order valence-electron chi connectivity index (χ1n) is 8.25. The molecule has 1 aliphatic rings. The summed E-state index contributed by atoms with van der Waals surface area (Å²) in [6, 6.07) is 13.0. The van der Waals surface area contributed by atoms with Crippen molar-refractivity contribution in [2.24, 2.45) is 0 Å². The van der Waals surface area contributed by atoms with Crippen LogP contribution in [0.2, 0.25) is 5.02 Å². The minimum atomic E-state index is -0.0952. The molecule has 0 atom stereocenters. The minimum absolute atomic E-state index is 0.0952. The van der Waals surface area contributed by atoms with Crippen LogP contribution in [-0.2, 0) is 11.2 Å². The summed E-state index contributed by atoms with van der Waals surface area (Å²) >= 11 is 6.24. The molecule has 1 amide bonds. The van der Waals surface area contributed by atoms with Crippen molar-refractivity contribution in [3.63, 3.8) is 0 Å². The molecule has 6 heteroatoms. The van der Waals surface area contributed by atoms with E-state index in [0.717, 1.165) is 17.7 Å². The standard InChI is InChI=1S/C19H20ClNO4/c20-16-11-14(12-17-19(16)25-9-4-8-24-17)13-18(22)21-7-10-23-15-5-2-1-3-6-15/h1-3,5-6,11-12H,4,7-10,13H2,(H,21,22). The summed E-state index contributed by atoms with van der Waals surface area (Å²) < 4.78 is 16.8. The average Bonchev–Trinajstić information content (AvgIpc) is 2.85. The van der Waals surface area contributed by atoms with Gasteiger partial charge in [-0.1, -0.05) is 29.8 Å².